The molecule has 0 fully saturated rings. The molecule has 0 bridgehead atoms. The van der Waals surface area contributed by atoms with Crippen molar-refractivity contribution in [3.63, 3.8) is 0 Å². The standard InChI is InChI=1S/2CH3NOS.H4N2/c2*2-1(3)4;1-2/h2*(H3,2,3,4);1-2H2. The van der Waals surface area contributed by atoms with Gasteiger partial charge in [-0.25, -0.2) is 0 Å². The average molecular weight is 186 g/mol. The van der Waals surface area contributed by atoms with Gasteiger partial charge in [0, 0.05) is 0 Å². The van der Waals surface area contributed by atoms with Crippen molar-refractivity contribution in [1.29, 1.82) is 0 Å². The fourth-order valence-electron chi connectivity index (χ4n) is 0. The summed E-state index contributed by atoms with van der Waals surface area (Å²) in [6.45, 7) is 0. The predicted molar refractivity (Wildman–Crippen MR) is 45.5 cm³/mol. The first-order valence-corrected chi connectivity index (χ1v) is 2.66. The fraction of sp³-hybridized carbons (Fsp3) is 0. The van der Waals surface area contributed by atoms with E-state index in [9.17, 15) is 0 Å². The molecular formula is C2H10N4O2S2. The molecule has 0 heterocycles. The van der Waals surface area contributed by atoms with Crippen molar-refractivity contribution in [1.82, 2.24) is 0 Å². The lowest BCUT2D eigenvalue weighted by Crippen LogP contribution is -2.02. The minimum Gasteiger partial charge on any atom is -0.361 e. The monoisotopic (exact) mass is 186 g/mol. The summed E-state index contributed by atoms with van der Waals surface area (Å²) in [6, 6.07) is 0. The Morgan fingerprint density at radius 2 is 0.900 bits per heavy atom. The van der Waals surface area contributed by atoms with Gasteiger partial charge in [-0.05, 0) is 0 Å². The second-order valence-electron chi connectivity index (χ2n) is 0.676. The first kappa shape index (κ1) is 16.3. The van der Waals surface area contributed by atoms with E-state index < -0.39 is 10.5 Å². The fourth-order valence-corrected chi connectivity index (χ4v) is 0. The van der Waals surface area contributed by atoms with Crippen LogP contribution >= 0.6 is 25.3 Å². The van der Waals surface area contributed by atoms with Crippen molar-refractivity contribution in [2.45, 2.75) is 0 Å². The van der Waals surface area contributed by atoms with E-state index in [-0.39, 0.29) is 0 Å². The Morgan fingerprint density at radius 1 is 0.900 bits per heavy atom. The number of nitrogens with two attached hydrogens (primary N) is 4. The highest BCUT2D eigenvalue weighted by Crippen LogP contribution is 1.61. The molecule has 8 N–H and O–H groups in total. The smallest absolute Gasteiger partial charge is 0.273 e. The molecule has 0 radical (unpaired) electrons. The topological polar surface area (TPSA) is 138 Å². The molecule has 0 aromatic heterocycles. The summed E-state index contributed by atoms with van der Waals surface area (Å²) < 4.78 is 0. The van der Waals surface area contributed by atoms with Crippen LogP contribution in [0.4, 0.5) is 9.59 Å². The normalized spacial score (nSPS) is 5.60. The average Bonchev–Trinajstić information content (AvgIpc) is 1.66. The van der Waals surface area contributed by atoms with E-state index in [0.717, 1.165) is 0 Å². The quantitative estimate of drug-likeness (QED) is 0.161. The molecule has 0 aliphatic heterocycles. The molecule has 0 aliphatic rings. The molecule has 0 aliphatic carbocycles. The van der Waals surface area contributed by atoms with Crippen LogP contribution in [0.2, 0.25) is 0 Å². The third kappa shape index (κ3) is 1680. The van der Waals surface area contributed by atoms with Crippen LogP contribution < -0.4 is 23.2 Å². The molecule has 2 amide bonds. The first-order valence-electron chi connectivity index (χ1n) is 1.77. The Kier molecular flexibility index (Phi) is 25.8. The van der Waals surface area contributed by atoms with E-state index in [4.69, 9.17) is 9.59 Å². The van der Waals surface area contributed by atoms with E-state index >= 15 is 0 Å². The number of hydrogen-bond acceptors (Lipinski definition) is 4. The van der Waals surface area contributed by atoms with E-state index in [2.05, 4.69) is 48.4 Å². The number of thiol groups is 2. The Balaban J connectivity index is -0.0000000787. The van der Waals surface area contributed by atoms with Crippen LogP contribution in [0.15, 0.2) is 0 Å². The zero-order valence-electron chi connectivity index (χ0n) is 5.02. The summed E-state index contributed by atoms with van der Waals surface area (Å²) in [7, 11) is 0. The third-order valence-electron chi connectivity index (χ3n) is 0. The molecule has 0 atom stereocenters. The van der Waals surface area contributed by atoms with E-state index in [1.54, 1.807) is 0 Å². The first-order chi connectivity index (χ1) is 4.46. The van der Waals surface area contributed by atoms with Gasteiger partial charge in [-0.15, -0.1) is 0 Å². The van der Waals surface area contributed by atoms with Crippen LogP contribution in [0.3, 0.4) is 0 Å². The minimum atomic E-state index is -0.639. The maximum absolute atomic E-state index is 9.09. The molecule has 62 valence electrons. The summed E-state index contributed by atoms with van der Waals surface area (Å²) in [5, 5.41) is -1.28. The molecule has 0 rings (SSSR count). The summed E-state index contributed by atoms with van der Waals surface area (Å²) in [6.07, 6.45) is 0. The summed E-state index contributed by atoms with van der Waals surface area (Å²) >= 11 is 6.21. The number of carbonyl (C=O) groups is 2. The van der Waals surface area contributed by atoms with Crippen molar-refractivity contribution >= 4 is 35.7 Å². The Labute approximate surface area is 69.1 Å². The molecule has 0 spiro atoms. The highest BCUT2D eigenvalue weighted by atomic mass is 32.1. The number of carbonyl (C=O) groups excluding carboxylic acids is 2. The Hall–Kier alpha value is -0.440. The highest BCUT2D eigenvalue weighted by Gasteiger charge is 1.63. The summed E-state index contributed by atoms with van der Waals surface area (Å²) in [4.78, 5) is 18.2. The molecule has 10 heavy (non-hydrogen) atoms. The highest BCUT2D eigenvalue weighted by molar-refractivity contribution is 7.96. The lowest BCUT2D eigenvalue weighted by molar-refractivity contribution is 0.266. The molecule has 8 heteroatoms. The number of hydrazine groups is 1. The Bertz CT molecular complexity index is 77.3. The van der Waals surface area contributed by atoms with Crippen LogP contribution in [-0.4, -0.2) is 10.5 Å². The zero-order valence-corrected chi connectivity index (χ0v) is 6.81. The zero-order chi connectivity index (χ0) is 9.15. The molecule has 0 aromatic carbocycles. The molecule has 0 saturated heterocycles. The van der Waals surface area contributed by atoms with Gasteiger partial charge in [0.05, 0.1) is 0 Å². The third-order valence-corrected chi connectivity index (χ3v) is 0. The number of amides is 2. The van der Waals surface area contributed by atoms with E-state index in [1.165, 1.54) is 0 Å². The van der Waals surface area contributed by atoms with Crippen molar-refractivity contribution < 1.29 is 9.59 Å². The SMILES string of the molecule is NC(=O)S.NC(=O)S.NN. The van der Waals surface area contributed by atoms with E-state index in [0.29, 0.717) is 0 Å². The van der Waals surface area contributed by atoms with Crippen molar-refractivity contribution in [3.05, 3.63) is 0 Å². The van der Waals surface area contributed by atoms with Crippen LogP contribution in [0.1, 0.15) is 0 Å². The maximum atomic E-state index is 9.09. The molecule has 6 nitrogen and oxygen atoms in total. The van der Waals surface area contributed by atoms with Crippen LogP contribution in [0.25, 0.3) is 0 Å². The van der Waals surface area contributed by atoms with Gasteiger partial charge in [-0.1, -0.05) is 25.3 Å². The molecule has 0 saturated carbocycles. The largest absolute Gasteiger partial charge is 0.361 e. The van der Waals surface area contributed by atoms with Crippen molar-refractivity contribution in [2.75, 3.05) is 0 Å². The molecule has 0 unspecified atom stereocenters. The molecular weight excluding hydrogens is 176 g/mol. The van der Waals surface area contributed by atoms with Gasteiger partial charge in [0.25, 0.3) is 10.5 Å². The van der Waals surface area contributed by atoms with Crippen molar-refractivity contribution in [3.8, 4) is 0 Å². The van der Waals surface area contributed by atoms with Crippen LogP contribution in [0.5, 0.6) is 0 Å². The van der Waals surface area contributed by atoms with Gasteiger partial charge in [0.2, 0.25) is 0 Å². The van der Waals surface area contributed by atoms with E-state index in [1.807, 2.05) is 0 Å². The van der Waals surface area contributed by atoms with Crippen LogP contribution in [0, 0.1) is 0 Å². The lowest BCUT2D eigenvalue weighted by Gasteiger charge is -1.59. The second kappa shape index (κ2) is 15.8. The predicted octanol–water partition coefficient (Wildman–Crippen LogP) is -1.19. The lowest BCUT2D eigenvalue weighted by atomic mass is 11.5. The van der Waals surface area contributed by atoms with Gasteiger partial charge in [0.15, 0.2) is 0 Å². The van der Waals surface area contributed by atoms with Gasteiger partial charge >= 0.3 is 0 Å². The number of rotatable bonds is 0. The number of hydrogen-bond donors (Lipinski definition) is 6. The van der Waals surface area contributed by atoms with Crippen molar-refractivity contribution in [2.24, 2.45) is 23.2 Å². The van der Waals surface area contributed by atoms with Gasteiger partial charge in [-0.3, -0.25) is 21.3 Å². The summed E-state index contributed by atoms with van der Waals surface area (Å²) in [5.41, 5.74) is 8.67. The second-order valence-corrected chi connectivity index (χ2v) is 1.56. The van der Waals surface area contributed by atoms with Gasteiger partial charge < -0.3 is 11.5 Å². The number of primary amides is 2. The maximum Gasteiger partial charge on any atom is 0.273 e. The molecule has 0 aromatic rings. The van der Waals surface area contributed by atoms with Crippen LogP contribution in [-0.2, 0) is 0 Å². The van der Waals surface area contributed by atoms with Gasteiger partial charge in [-0.2, -0.15) is 0 Å². The minimum absolute atomic E-state index is 0.639. The Morgan fingerprint density at radius 3 is 0.900 bits per heavy atom. The summed E-state index contributed by atoms with van der Waals surface area (Å²) in [5.74, 6) is 8.00. The van der Waals surface area contributed by atoms with Gasteiger partial charge in [0.1, 0.15) is 0 Å².